The molecule has 0 spiro atoms. The molecule has 0 aliphatic heterocycles. The minimum absolute atomic E-state index is 0.0109. The lowest BCUT2D eigenvalue weighted by atomic mass is 10.1. The zero-order chi connectivity index (χ0) is 23.5. The fourth-order valence-electron chi connectivity index (χ4n) is 3.35. The Morgan fingerprint density at radius 3 is 2.53 bits per heavy atom. The average molecular weight is 489 g/mol. The van der Waals surface area contributed by atoms with Crippen LogP contribution in [0.3, 0.4) is 0 Å². The molecule has 0 saturated heterocycles. The van der Waals surface area contributed by atoms with Gasteiger partial charge in [0.1, 0.15) is 5.01 Å². The van der Waals surface area contributed by atoms with Gasteiger partial charge in [0.2, 0.25) is 11.0 Å². The van der Waals surface area contributed by atoms with Gasteiger partial charge in [-0.15, -0.1) is 10.2 Å². The highest BCUT2D eigenvalue weighted by molar-refractivity contribution is 7.19. The molecule has 5 rings (SSSR count). The summed E-state index contributed by atoms with van der Waals surface area (Å²) >= 11 is 2.87. The molecule has 0 saturated carbocycles. The van der Waals surface area contributed by atoms with Crippen LogP contribution in [0.1, 0.15) is 5.56 Å². The van der Waals surface area contributed by atoms with Crippen LogP contribution in [-0.4, -0.2) is 30.8 Å². The van der Waals surface area contributed by atoms with Crippen molar-refractivity contribution >= 4 is 39.4 Å². The molecule has 34 heavy (non-hydrogen) atoms. The monoisotopic (exact) mass is 488 g/mol. The Labute approximate surface area is 201 Å². The summed E-state index contributed by atoms with van der Waals surface area (Å²) in [5.41, 5.74) is 3.72. The molecule has 9 nitrogen and oxygen atoms in total. The molecule has 0 aliphatic rings. The number of para-hydroxylation sites is 1. The molecule has 1 amide bonds. The molecule has 1 N–H and O–H groups in total. The van der Waals surface area contributed by atoms with Crippen LogP contribution in [0.15, 0.2) is 77.6 Å². The summed E-state index contributed by atoms with van der Waals surface area (Å²) in [6, 6.07) is 17.6. The lowest BCUT2D eigenvalue weighted by Gasteiger charge is -2.03. The van der Waals surface area contributed by atoms with Crippen molar-refractivity contribution in [1.82, 2.24) is 20.0 Å². The van der Waals surface area contributed by atoms with Crippen molar-refractivity contribution in [3.05, 3.63) is 93.3 Å². The largest absolute Gasteiger partial charge is 0.300 e. The van der Waals surface area contributed by atoms with Crippen LogP contribution in [0.5, 0.6) is 0 Å². The molecule has 2 aromatic carbocycles. The number of thiophene rings is 1. The number of nitro groups is 1. The van der Waals surface area contributed by atoms with E-state index in [1.807, 2.05) is 47.2 Å². The van der Waals surface area contributed by atoms with E-state index in [0.29, 0.717) is 22.0 Å². The van der Waals surface area contributed by atoms with Crippen LogP contribution in [0.2, 0.25) is 0 Å². The van der Waals surface area contributed by atoms with Crippen molar-refractivity contribution in [3.8, 4) is 27.5 Å². The van der Waals surface area contributed by atoms with E-state index in [2.05, 4.69) is 20.6 Å². The van der Waals surface area contributed by atoms with Gasteiger partial charge in [-0.1, -0.05) is 29.5 Å². The maximum atomic E-state index is 12.9. The Bertz CT molecular complexity index is 1440. The van der Waals surface area contributed by atoms with E-state index >= 15 is 0 Å². The Morgan fingerprint density at radius 2 is 1.82 bits per heavy atom. The van der Waals surface area contributed by atoms with Crippen molar-refractivity contribution in [2.45, 2.75) is 6.42 Å². The Kier molecular flexibility index (Phi) is 5.93. The van der Waals surface area contributed by atoms with Gasteiger partial charge in [0, 0.05) is 40.4 Å². The molecule has 168 valence electrons. The van der Waals surface area contributed by atoms with Gasteiger partial charge in [-0.05, 0) is 35.7 Å². The topological polar surface area (TPSA) is 116 Å². The summed E-state index contributed by atoms with van der Waals surface area (Å²) in [6.45, 7) is 0. The number of aromatic nitrogens is 4. The predicted octanol–water partition coefficient (Wildman–Crippen LogP) is 5.21. The molecule has 5 aromatic rings. The molecular formula is C23H16N6O3S2. The summed E-state index contributed by atoms with van der Waals surface area (Å²) < 4.78 is 1.69. The number of anilines is 1. The summed E-state index contributed by atoms with van der Waals surface area (Å²) in [7, 11) is 0. The van der Waals surface area contributed by atoms with Gasteiger partial charge >= 0.3 is 0 Å². The van der Waals surface area contributed by atoms with Crippen molar-refractivity contribution < 1.29 is 9.72 Å². The van der Waals surface area contributed by atoms with Gasteiger partial charge in [0.05, 0.1) is 22.7 Å². The van der Waals surface area contributed by atoms with E-state index in [4.69, 9.17) is 0 Å². The normalized spacial score (nSPS) is 10.8. The van der Waals surface area contributed by atoms with E-state index in [1.165, 1.54) is 23.5 Å². The van der Waals surface area contributed by atoms with Gasteiger partial charge in [-0.3, -0.25) is 14.9 Å². The molecular weight excluding hydrogens is 472 g/mol. The Hall–Kier alpha value is -4.22. The number of carbonyl (C=O) groups excluding carboxylic acids is 1. The summed E-state index contributed by atoms with van der Waals surface area (Å²) in [5, 5.41) is 31.8. The minimum atomic E-state index is -0.451. The molecule has 3 heterocycles. The first-order valence-electron chi connectivity index (χ1n) is 10.1. The van der Waals surface area contributed by atoms with E-state index in [0.717, 1.165) is 16.3 Å². The fraction of sp³-hybridized carbons (Fsp3) is 0.0435. The Morgan fingerprint density at radius 1 is 1.03 bits per heavy atom. The maximum Gasteiger partial charge on any atom is 0.269 e. The third-order valence-electron chi connectivity index (χ3n) is 4.95. The lowest BCUT2D eigenvalue weighted by Crippen LogP contribution is -2.14. The predicted molar refractivity (Wildman–Crippen MR) is 131 cm³/mol. The van der Waals surface area contributed by atoms with Crippen molar-refractivity contribution in [2.24, 2.45) is 0 Å². The number of carbonyl (C=O) groups is 1. The molecule has 0 unspecified atom stereocenters. The van der Waals surface area contributed by atoms with E-state index in [9.17, 15) is 14.9 Å². The van der Waals surface area contributed by atoms with Crippen LogP contribution in [0.25, 0.3) is 27.5 Å². The van der Waals surface area contributed by atoms with Crippen molar-refractivity contribution in [1.29, 1.82) is 0 Å². The highest BCUT2D eigenvalue weighted by Crippen LogP contribution is 2.29. The third kappa shape index (κ3) is 4.60. The standard InChI is InChI=1S/C23H16N6O3S2/c30-20(24-23-26-25-22(34-23)16-10-11-33-14-16)12-17-13-28(18-4-2-1-3-5-18)27-21(17)15-6-8-19(9-7-15)29(31)32/h1-11,13-14H,12H2,(H,24,26,30). The van der Waals surface area contributed by atoms with E-state index in [1.54, 1.807) is 34.3 Å². The SMILES string of the molecule is O=C(Cc1cn(-c2ccccc2)nc1-c1ccc([N+](=O)[O-])cc1)Nc1nnc(-c2ccsc2)s1. The quantitative estimate of drug-likeness (QED) is 0.248. The van der Waals surface area contributed by atoms with E-state index < -0.39 is 4.92 Å². The number of nitro benzene ring substituents is 1. The number of nitrogens with one attached hydrogen (secondary N) is 1. The molecule has 11 heteroatoms. The lowest BCUT2D eigenvalue weighted by molar-refractivity contribution is -0.384. The first-order chi connectivity index (χ1) is 16.6. The number of nitrogens with zero attached hydrogens (tertiary/aromatic N) is 5. The van der Waals surface area contributed by atoms with Crippen LogP contribution in [0, 0.1) is 10.1 Å². The Balaban J connectivity index is 1.42. The highest BCUT2D eigenvalue weighted by atomic mass is 32.1. The van der Waals surface area contributed by atoms with E-state index in [-0.39, 0.29) is 18.0 Å². The second-order valence-electron chi connectivity index (χ2n) is 7.24. The number of amides is 1. The number of hydrogen-bond donors (Lipinski definition) is 1. The van der Waals surface area contributed by atoms with Crippen LogP contribution in [0.4, 0.5) is 10.8 Å². The summed E-state index contributed by atoms with van der Waals surface area (Å²) in [5.74, 6) is -0.260. The summed E-state index contributed by atoms with van der Waals surface area (Å²) in [6.07, 6.45) is 1.84. The van der Waals surface area contributed by atoms with Gasteiger partial charge < -0.3 is 5.32 Å². The summed E-state index contributed by atoms with van der Waals surface area (Å²) in [4.78, 5) is 23.4. The smallest absolute Gasteiger partial charge is 0.269 e. The first kappa shape index (κ1) is 21.6. The molecule has 3 aromatic heterocycles. The maximum absolute atomic E-state index is 12.9. The number of benzene rings is 2. The average Bonchev–Trinajstić information content (AvgIpc) is 3.61. The third-order valence-corrected chi connectivity index (χ3v) is 6.52. The van der Waals surface area contributed by atoms with Gasteiger partial charge in [0.25, 0.3) is 5.69 Å². The number of hydrogen-bond acceptors (Lipinski definition) is 8. The van der Waals surface area contributed by atoms with Gasteiger partial charge in [-0.25, -0.2) is 4.68 Å². The van der Waals surface area contributed by atoms with Gasteiger partial charge in [0.15, 0.2) is 0 Å². The van der Waals surface area contributed by atoms with Crippen molar-refractivity contribution in [2.75, 3.05) is 5.32 Å². The van der Waals surface area contributed by atoms with Crippen LogP contribution < -0.4 is 5.32 Å². The molecule has 0 bridgehead atoms. The molecule has 0 radical (unpaired) electrons. The first-order valence-corrected chi connectivity index (χ1v) is 11.9. The molecule has 0 aliphatic carbocycles. The van der Waals surface area contributed by atoms with Crippen LogP contribution in [-0.2, 0) is 11.2 Å². The zero-order valence-electron chi connectivity index (χ0n) is 17.5. The zero-order valence-corrected chi connectivity index (χ0v) is 19.1. The minimum Gasteiger partial charge on any atom is -0.300 e. The second-order valence-corrected chi connectivity index (χ2v) is 8.99. The fourth-order valence-corrected chi connectivity index (χ4v) is 4.82. The molecule has 0 fully saturated rings. The van der Waals surface area contributed by atoms with Crippen LogP contribution >= 0.6 is 22.7 Å². The second kappa shape index (κ2) is 9.33. The number of rotatable bonds is 7. The van der Waals surface area contributed by atoms with Crippen molar-refractivity contribution in [3.63, 3.8) is 0 Å². The number of non-ortho nitro benzene ring substituents is 1. The highest BCUT2D eigenvalue weighted by Gasteiger charge is 2.18. The molecule has 0 atom stereocenters. The van der Waals surface area contributed by atoms with Gasteiger partial charge in [-0.2, -0.15) is 16.4 Å².